The molecule has 0 spiro atoms. The van der Waals surface area contributed by atoms with Crippen molar-refractivity contribution in [2.24, 2.45) is 13.0 Å². The summed E-state index contributed by atoms with van der Waals surface area (Å²) >= 11 is 0. The molecule has 2 N–H and O–H groups in total. The average molecular weight is 236 g/mol. The second-order valence-corrected chi connectivity index (χ2v) is 4.70. The van der Waals surface area contributed by atoms with E-state index in [1.807, 2.05) is 19.4 Å². The average Bonchev–Trinajstić information content (AvgIpc) is 2.87. The molecule has 1 aromatic rings. The maximum Gasteiger partial charge on any atom is 0.224 e. The maximum atomic E-state index is 11.9. The number of hydrogen-bond donors (Lipinski definition) is 2. The smallest absolute Gasteiger partial charge is 0.224 e. The van der Waals surface area contributed by atoms with Gasteiger partial charge in [-0.2, -0.15) is 5.10 Å². The van der Waals surface area contributed by atoms with Gasteiger partial charge in [-0.3, -0.25) is 9.48 Å². The molecule has 1 aromatic heterocycles. The molecule has 0 radical (unpaired) electrons. The van der Waals surface area contributed by atoms with Gasteiger partial charge in [0.2, 0.25) is 5.91 Å². The SMILES string of the molecule is CC1NCCC1C(=O)NCCc1cnn(C)c1. The van der Waals surface area contributed by atoms with Crippen molar-refractivity contribution in [2.75, 3.05) is 13.1 Å². The molecule has 1 aliphatic rings. The lowest BCUT2D eigenvalue weighted by Crippen LogP contribution is -2.37. The lowest BCUT2D eigenvalue weighted by atomic mass is 10.0. The topological polar surface area (TPSA) is 59.0 Å². The van der Waals surface area contributed by atoms with Gasteiger partial charge in [-0.1, -0.05) is 0 Å². The van der Waals surface area contributed by atoms with E-state index in [-0.39, 0.29) is 11.8 Å². The lowest BCUT2D eigenvalue weighted by molar-refractivity contribution is -0.125. The number of rotatable bonds is 4. The summed E-state index contributed by atoms with van der Waals surface area (Å²) < 4.78 is 1.78. The fourth-order valence-corrected chi connectivity index (χ4v) is 2.28. The van der Waals surface area contributed by atoms with Crippen LogP contribution in [0.15, 0.2) is 12.4 Å². The van der Waals surface area contributed by atoms with Crippen LogP contribution in [0.4, 0.5) is 0 Å². The summed E-state index contributed by atoms with van der Waals surface area (Å²) in [6.07, 6.45) is 5.60. The third-order valence-corrected chi connectivity index (χ3v) is 3.33. The Kier molecular flexibility index (Phi) is 3.78. The van der Waals surface area contributed by atoms with Crippen molar-refractivity contribution in [1.29, 1.82) is 0 Å². The Bertz CT molecular complexity index is 388. The van der Waals surface area contributed by atoms with Crippen LogP contribution in [0.25, 0.3) is 0 Å². The highest BCUT2D eigenvalue weighted by atomic mass is 16.1. The summed E-state index contributed by atoms with van der Waals surface area (Å²) in [7, 11) is 1.90. The molecule has 0 aromatic carbocycles. The van der Waals surface area contributed by atoms with Crippen LogP contribution >= 0.6 is 0 Å². The lowest BCUT2D eigenvalue weighted by Gasteiger charge is -2.14. The van der Waals surface area contributed by atoms with Crippen LogP contribution in [0.3, 0.4) is 0 Å². The van der Waals surface area contributed by atoms with Crippen LogP contribution in [-0.2, 0) is 18.3 Å². The Morgan fingerprint density at radius 3 is 3.12 bits per heavy atom. The second kappa shape index (κ2) is 5.31. The molecular weight excluding hydrogens is 216 g/mol. The van der Waals surface area contributed by atoms with Crippen molar-refractivity contribution in [3.05, 3.63) is 18.0 Å². The molecule has 2 rings (SSSR count). The zero-order chi connectivity index (χ0) is 12.3. The standard InChI is InChI=1S/C12H20N4O/c1-9-11(4-6-13-9)12(17)14-5-3-10-7-15-16(2)8-10/h7-9,11,13H,3-6H2,1-2H3,(H,14,17). The predicted molar refractivity (Wildman–Crippen MR) is 65.5 cm³/mol. The molecular formula is C12H20N4O. The van der Waals surface area contributed by atoms with Gasteiger partial charge in [-0.25, -0.2) is 0 Å². The van der Waals surface area contributed by atoms with Gasteiger partial charge in [0.05, 0.1) is 12.1 Å². The third kappa shape index (κ3) is 3.06. The number of amides is 1. The van der Waals surface area contributed by atoms with Crippen molar-refractivity contribution in [1.82, 2.24) is 20.4 Å². The Morgan fingerprint density at radius 2 is 2.53 bits per heavy atom. The molecule has 94 valence electrons. The molecule has 2 heterocycles. The highest BCUT2D eigenvalue weighted by Gasteiger charge is 2.28. The number of hydrogen-bond acceptors (Lipinski definition) is 3. The molecule has 5 nitrogen and oxygen atoms in total. The number of nitrogens with one attached hydrogen (secondary N) is 2. The maximum absolute atomic E-state index is 11.9. The summed E-state index contributed by atoms with van der Waals surface area (Å²) in [5.41, 5.74) is 1.16. The Balaban J connectivity index is 1.73. The molecule has 5 heteroatoms. The van der Waals surface area contributed by atoms with Gasteiger partial charge in [0.25, 0.3) is 0 Å². The van der Waals surface area contributed by atoms with Gasteiger partial charge in [0.15, 0.2) is 0 Å². The van der Waals surface area contributed by atoms with Gasteiger partial charge in [-0.15, -0.1) is 0 Å². The number of carbonyl (C=O) groups is 1. The largest absolute Gasteiger partial charge is 0.355 e. The Morgan fingerprint density at radius 1 is 1.71 bits per heavy atom. The summed E-state index contributed by atoms with van der Waals surface area (Å²) in [5, 5.41) is 10.4. The van der Waals surface area contributed by atoms with Crippen LogP contribution < -0.4 is 10.6 Å². The Hall–Kier alpha value is -1.36. The van der Waals surface area contributed by atoms with E-state index in [9.17, 15) is 4.79 Å². The van der Waals surface area contributed by atoms with Crippen molar-refractivity contribution in [2.45, 2.75) is 25.8 Å². The van der Waals surface area contributed by atoms with Gasteiger partial charge >= 0.3 is 0 Å². The Labute approximate surface area is 102 Å². The van der Waals surface area contributed by atoms with Gasteiger partial charge in [0, 0.05) is 25.8 Å². The van der Waals surface area contributed by atoms with Crippen LogP contribution in [-0.4, -0.2) is 34.8 Å². The van der Waals surface area contributed by atoms with E-state index in [0.29, 0.717) is 12.6 Å². The van der Waals surface area contributed by atoms with Crippen LogP contribution in [0, 0.1) is 5.92 Å². The van der Waals surface area contributed by atoms with Crippen molar-refractivity contribution < 1.29 is 4.79 Å². The van der Waals surface area contributed by atoms with E-state index in [1.54, 1.807) is 4.68 Å². The zero-order valence-electron chi connectivity index (χ0n) is 10.4. The van der Waals surface area contributed by atoms with Gasteiger partial charge in [0.1, 0.15) is 0 Å². The first-order valence-corrected chi connectivity index (χ1v) is 6.15. The monoisotopic (exact) mass is 236 g/mol. The molecule has 1 saturated heterocycles. The van der Waals surface area contributed by atoms with Crippen LogP contribution in [0.1, 0.15) is 18.9 Å². The summed E-state index contributed by atoms with van der Waals surface area (Å²) in [4.78, 5) is 11.9. The van der Waals surface area contributed by atoms with E-state index in [2.05, 4.69) is 22.7 Å². The second-order valence-electron chi connectivity index (χ2n) is 4.70. The molecule has 2 atom stereocenters. The first-order chi connectivity index (χ1) is 8.16. The fourth-order valence-electron chi connectivity index (χ4n) is 2.28. The number of aromatic nitrogens is 2. The summed E-state index contributed by atoms with van der Waals surface area (Å²) in [6, 6.07) is 0.299. The van der Waals surface area contributed by atoms with E-state index >= 15 is 0 Å². The van der Waals surface area contributed by atoms with E-state index < -0.39 is 0 Å². The minimum atomic E-state index is 0.129. The molecule has 0 saturated carbocycles. The highest BCUT2D eigenvalue weighted by Crippen LogP contribution is 2.14. The van der Waals surface area contributed by atoms with E-state index in [0.717, 1.165) is 24.9 Å². The van der Waals surface area contributed by atoms with Crippen LogP contribution in [0.2, 0.25) is 0 Å². The third-order valence-electron chi connectivity index (χ3n) is 3.33. The number of aryl methyl sites for hydroxylation is 1. The van der Waals surface area contributed by atoms with Gasteiger partial charge < -0.3 is 10.6 Å². The van der Waals surface area contributed by atoms with E-state index in [4.69, 9.17) is 0 Å². The molecule has 2 unspecified atom stereocenters. The minimum Gasteiger partial charge on any atom is -0.355 e. The van der Waals surface area contributed by atoms with Crippen LogP contribution in [0.5, 0.6) is 0 Å². The summed E-state index contributed by atoms with van der Waals surface area (Å²) in [5.74, 6) is 0.301. The molecule has 0 aliphatic carbocycles. The highest BCUT2D eigenvalue weighted by molar-refractivity contribution is 5.79. The zero-order valence-corrected chi connectivity index (χ0v) is 10.4. The van der Waals surface area contributed by atoms with Crippen molar-refractivity contribution >= 4 is 5.91 Å². The molecule has 1 amide bonds. The predicted octanol–water partition coefficient (Wildman–Crippen LogP) is 0.0768. The van der Waals surface area contributed by atoms with E-state index in [1.165, 1.54) is 0 Å². The first-order valence-electron chi connectivity index (χ1n) is 6.15. The fraction of sp³-hybridized carbons (Fsp3) is 0.667. The number of nitrogens with zero attached hydrogens (tertiary/aromatic N) is 2. The number of carbonyl (C=O) groups excluding carboxylic acids is 1. The molecule has 1 fully saturated rings. The van der Waals surface area contributed by atoms with Gasteiger partial charge in [-0.05, 0) is 31.9 Å². The quantitative estimate of drug-likeness (QED) is 0.778. The molecule has 1 aliphatic heterocycles. The summed E-state index contributed by atoms with van der Waals surface area (Å²) in [6.45, 7) is 3.70. The normalized spacial score (nSPS) is 23.9. The molecule has 17 heavy (non-hydrogen) atoms. The molecule has 0 bridgehead atoms. The van der Waals surface area contributed by atoms with Crippen molar-refractivity contribution in [3.8, 4) is 0 Å². The minimum absolute atomic E-state index is 0.129. The first kappa shape index (κ1) is 12.1. The van der Waals surface area contributed by atoms with Crippen molar-refractivity contribution in [3.63, 3.8) is 0 Å².